The highest BCUT2D eigenvalue weighted by Gasteiger charge is 2.53. The summed E-state index contributed by atoms with van der Waals surface area (Å²) < 4.78 is 2.89. The lowest BCUT2D eigenvalue weighted by molar-refractivity contribution is 0.480. The summed E-state index contributed by atoms with van der Waals surface area (Å²) in [5, 5.41) is 8.29. The van der Waals surface area contributed by atoms with Gasteiger partial charge in [-0.15, -0.1) is 0 Å². The van der Waals surface area contributed by atoms with Crippen LogP contribution in [0.4, 0.5) is 0 Å². The van der Waals surface area contributed by atoms with E-state index >= 15 is 0 Å². The van der Waals surface area contributed by atoms with Crippen LogP contribution in [-0.4, -0.2) is 14.8 Å². The molecular formula is C16H18ClN3S. The lowest BCUT2D eigenvalue weighted by atomic mass is 10.0. The molecule has 21 heavy (non-hydrogen) atoms. The van der Waals surface area contributed by atoms with Gasteiger partial charge in [0.2, 0.25) is 0 Å². The summed E-state index contributed by atoms with van der Waals surface area (Å²) in [5.74, 6) is 3.46. The smallest absolute Gasteiger partial charge is 0.195 e. The highest BCUT2D eigenvalue weighted by atomic mass is 35.5. The topological polar surface area (TPSA) is 33.6 Å². The zero-order valence-corrected chi connectivity index (χ0v) is 13.3. The SMILES string of the molecule is S=c1[nH]nc(C2C3CCCCC32)n1Cc1ccc(Cl)cc1. The Morgan fingerprint density at radius 2 is 1.86 bits per heavy atom. The van der Waals surface area contributed by atoms with E-state index in [1.807, 2.05) is 12.1 Å². The van der Waals surface area contributed by atoms with Crippen LogP contribution in [0.15, 0.2) is 24.3 Å². The zero-order chi connectivity index (χ0) is 14.4. The Labute approximate surface area is 134 Å². The number of hydrogen-bond acceptors (Lipinski definition) is 2. The van der Waals surface area contributed by atoms with Crippen molar-refractivity contribution >= 4 is 23.8 Å². The number of nitrogens with one attached hydrogen (secondary N) is 1. The van der Waals surface area contributed by atoms with Crippen LogP contribution in [0.3, 0.4) is 0 Å². The van der Waals surface area contributed by atoms with Crippen LogP contribution in [0.1, 0.15) is 43.0 Å². The van der Waals surface area contributed by atoms with Crippen LogP contribution in [0.25, 0.3) is 0 Å². The molecule has 1 heterocycles. The first-order chi connectivity index (χ1) is 10.2. The number of fused-ring (bicyclic) bond motifs is 1. The van der Waals surface area contributed by atoms with E-state index in [-0.39, 0.29) is 0 Å². The lowest BCUT2D eigenvalue weighted by Gasteiger charge is -2.07. The second-order valence-corrected chi connectivity index (χ2v) is 7.06. The molecule has 0 saturated heterocycles. The lowest BCUT2D eigenvalue weighted by Crippen LogP contribution is -2.05. The fourth-order valence-corrected chi connectivity index (χ4v) is 4.21. The predicted molar refractivity (Wildman–Crippen MR) is 86.2 cm³/mol. The van der Waals surface area contributed by atoms with Crippen LogP contribution in [-0.2, 0) is 6.54 Å². The average Bonchev–Trinajstić information content (AvgIpc) is 3.12. The van der Waals surface area contributed by atoms with Gasteiger partial charge in [-0.2, -0.15) is 5.10 Å². The molecule has 1 aromatic heterocycles. The fraction of sp³-hybridized carbons (Fsp3) is 0.500. The monoisotopic (exact) mass is 319 g/mol. The second kappa shape index (κ2) is 5.25. The van der Waals surface area contributed by atoms with E-state index in [1.165, 1.54) is 31.2 Å². The molecule has 1 N–H and O–H groups in total. The summed E-state index contributed by atoms with van der Waals surface area (Å²) in [6.45, 7) is 0.776. The van der Waals surface area contributed by atoms with Crippen LogP contribution in [0, 0.1) is 16.6 Å². The summed E-state index contributed by atoms with van der Waals surface area (Å²) in [7, 11) is 0. The molecule has 2 aliphatic carbocycles. The molecule has 0 radical (unpaired) electrons. The molecule has 3 nitrogen and oxygen atoms in total. The number of aromatic amines is 1. The summed E-state index contributed by atoms with van der Waals surface area (Å²) in [5.41, 5.74) is 1.21. The Morgan fingerprint density at radius 1 is 1.19 bits per heavy atom. The van der Waals surface area contributed by atoms with E-state index in [0.717, 1.165) is 34.0 Å². The number of rotatable bonds is 3. The molecule has 5 heteroatoms. The molecule has 0 bridgehead atoms. The van der Waals surface area contributed by atoms with Gasteiger partial charge in [-0.3, -0.25) is 9.67 Å². The van der Waals surface area contributed by atoms with Gasteiger partial charge < -0.3 is 0 Å². The minimum absolute atomic E-state index is 0.618. The van der Waals surface area contributed by atoms with Crippen LogP contribution >= 0.6 is 23.8 Å². The third kappa shape index (κ3) is 2.44. The van der Waals surface area contributed by atoms with Crippen molar-refractivity contribution in [1.82, 2.24) is 14.8 Å². The van der Waals surface area contributed by atoms with Crippen molar-refractivity contribution in [3.63, 3.8) is 0 Å². The molecule has 2 atom stereocenters. The van der Waals surface area contributed by atoms with E-state index in [4.69, 9.17) is 23.8 Å². The standard InChI is InChI=1S/C16H18ClN3S/c17-11-7-5-10(6-8-11)9-20-15(18-19-16(20)21)14-12-3-1-2-4-13(12)14/h5-8,12-14H,1-4,9H2,(H,19,21). The first-order valence-electron chi connectivity index (χ1n) is 7.63. The average molecular weight is 320 g/mol. The third-order valence-corrected chi connectivity index (χ3v) is 5.56. The first-order valence-corrected chi connectivity index (χ1v) is 8.42. The molecule has 2 aromatic rings. The van der Waals surface area contributed by atoms with Gasteiger partial charge in [0.1, 0.15) is 5.82 Å². The predicted octanol–water partition coefficient (Wildman–Crippen LogP) is 4.55. The molecule has 2 saturated carbocycles. The number of nitrogens with zero attached hydrogens (tertiary/aromatic N) is 2. The minimum Gasteiger partial charge on any atom is -0.299 e. The van der Waals surface area contributed by atoms with Crippen LogP contribution in [0.5, 0.6) is 0 Å². The molecule has 0 spiro atoms. The Morgan fingerprint density at radius 3 is 2.52 bits per heavy atom. The number of halogens is 1. The molecule has 110 valence electrons. The Hall–Kier alpha value is -1.13. The molecule has 2 unspecified atom stereocenters. The quantitative estimate of drug-likeness (QED) is 0.842. The fourth-order valence-electron chi connectivity index (χ4n) is 3.88. The van der Waals surface area contributed by atoms with Crippen LogP contribution < -0.4 is 0 Å². The van der Waals surface area contributed by atoms with E-state index in [9.17, 15) is 0 Å². The molecule has 2 aliphatic rings. The van der Waals surface area contributed by atoms with Crippen molar-refractivity contribution in [3.05, 3.63) is 45.4 Å². The van der Waals surface area contributed by atoms with Gasteiger partial charge in [-0.25, -0.2) is 0 Å². The van der Waals surface area contributed by atoms with Crippen LogP contribution in [0.2, 0.25) is 5.02 Å². The van der Waals surface area contributed by atoms with Crippen molar-refractivity contribution in [2.75, 3.05) is 0 Å². The van der Waals surface area contributed by atoms with Gasteiger partial charge in [-0.05, 0) is 54.6 Å². The third-order valence-electron chi connectivity index (χ3n) is 5.00. The van der Waals surface area contributed by atoms with Crippen molar-refractivity contribution in [1.29, 1.82) is 0 Å². The van der Waals surface area contributed by atoms with Gasteiger partial charge in [0, 0.05) is 10.9 Å². The number of aromatic nitrogens is 3. The van der Waals surface area contributed by atoms with Crippen molar-refractivity contribution in [2.45, 2.75) is 38.1 Å². The summed E-state index contributed by atoms with van der Waals surface area (Å²) in [4.78, 5) is 0. The molecule has 2 fully saturated rings. The molecule has 1 aromatic carbocycles. The minimum atomic E-state index is 0.618. The highest BCUT2D eigenvalue weighted by Crippen LogP contribution is 2.60. The maximum atomic E-state index is 5.95. The maximum Gasteiger partial charge on any atom is 0.195 e. The first kappa shape index (κ1) is 13.5. The van der Waals surface area contributed by atoms with Crippen molar-refractivity contribution < 1.29 is 0 Å². The number of H-pyrrole nitrogens is 1. The van der Waals surface area contributed by atoms with Crippen molar-refractivity contribution in [2.24, 2.45) is 11.8 Å². The van der Waals surface area contributed by atoms with Gasteiger partial charge in [0.25, 0.3) is 0 Å². The molecule has 0 aliphatic heterocycles. The van der Waals surface area contributed by atoms with E-state index in [2.05, 4.69) is 26.9 Å². The van der Waals surface area contributed by atoms with Gasteiger partial charge in [0.05, 0.1) is 6.54 Å². The Bertz CT molecular complexity index is 691. The number of hydrogen-bond donors (Lipinski definition) is 1. The summed E-state index contributed by atoms with van der Waals surface area (Å²) in [6, 6.07) is 7.97. The van der Waals surface area contributed by atoms with Gasteiger partial charge in [0.15, 0.2) is 4.77 Å². The Balaban J connectivity index is 1.62. The summed E-state index contributed by atoms with van der Waals surface area (Å²) in [6.07, 6.45) is 5.46. The molecule has 0 amide bonds. The normalized spacial score (nSPS) is 27.4. The largest absolute Gasteiger partial charge is 0.299 e. The Kier molecular flexibility index (Phi) is 3.38. The van der Waals surface area contributed by atoms with E-state index < -0.39 is 0 Å². The maximum absolute atomic E-state index is 5.95. The second-order valence-electron chi connectivity index (χ2n) is 6.24. The summed E-state index contributed by atoms with van der Waals surface area (Å²) >= 11 is 11.4. The van der Waals surface area contributed by atoms with E-state index in [1.54, 1.807) is 0 Å². The highest BCUT2D eigenvalue weighted by molar-refractivity contribution is 7.71. The number of benzene rings is 1. The van der Waals surface area contributed by atoms with Gasteiger partial charge in [-0.1, -0.05) is 36.6 Å². The molecular weight excluding hydrogens is 302 g/mol. The molecule has 4 rings (SSSR count). The zero-order valence-electron chi connectivity index (χ0n) is 11.8. The van der Waals surface area contributed by atoms with Crippen molar-refractivity contribution in [3.8, 4) is 0 Å². The van der Waals surface area contributed by atoms with Gasteiger partial charge >= 0.3 is 0 Å². The van der Waals surface area contributed by atoms with E-state index in [0.29, 0.717) is 5.92 Å².